The molecule has 0 radical (unpaired) electrons. The predicted molar refractivity (Wildman–Crippen MR) is 116 cm³/mol. The molecule has 0 atom stereocenters. The molecule has 158 valence electrons. The Kier molecular flexibility index (Phi) is 5.10. The Hall–Kier alpha value is -3.18. The van der Waals surface area contributed by atoms with Crippen LogP contribution in [-0.2, 0) is 20.2 Å². The molecular formula is C21H16N2O6S2. The van der Waals surface area contributed by atoms with E-state index in [0.717, 1.165) is 34.5 Å². The van der Waals surface area contributed by atoms with Crippen molar-refractivity contribution in [2.45, 2.75) is 16.7 Å². The van der Waals surface area contributed by atoms with Gasteiger partial charge in [-0.05, 0) is 53.6 Å². The van der Waals surface area contributed by atoms with E-state index in [4.69, 9.17) is 0 Å². The first-order valence-corrected chi connectivity index (χ1v) is 11.8. The van der Waals surface area contributed by atoms with Crippen molar-refractivity contribution in [1.82, 2.24) is 0 Å². The topological polar surface area (TPSA) is 133 Å². The highest BCUT2D eigenvalue weighted by atomic mass is 32.2. The van der Waals surface area contributed by atoms with Crippen molar-refractivity contribution in [1.29, 1.82) is 0 Å². The van der Waals surface area contributed by atoms with Crippen LogP contribution < -0.4 is 0 Å². The Bertz CT molecular complexity index is 1590. The van der Waals surface area contributed by atoms with Gasteiger partial charge in [-0.2, -0.15) is 16.8 Å². The quantitative estimate of drug-likeness (QED) is 0.320. The number of rotatable bonds is 4. The van der Waals surface area contributed by atoms with Gasteiger partial charge in [0, 0.05) is 10.8 Å². The standard InChI is InChI=1S/C21H16N2O6S2/c1-13-6-9-20(19-5-3-2-4-17(13)19)22-23-21-12-16(31(27,28)29)11-14-10-15(30(24,25)26)7-8-18(14)21/h2-12H,1H3,(H,24,25,26)(H,27,28,29). The van der Waals surface area contributed by atoms with Crippen LogP contribution in [0.5, 0.6) is 0 Å². The summed E-state index contributed by atoms with van der Waals surface area (Å²) >= 11 is 0. The molecule has 0 aliphatic rings. The van der Waals surface area contributed by atoms with E-state index in [1.54, 1.807) is 6.07 Å². The molecule has 0 aliphatic carbocycles. The zero-order chi connectivity index (χ0) is 22.4. The normalized spacial score (nSPS) is 12.7. The zero-order valence-corrected chi connectivity index (χ0v) is 17.7. The van der Waals surface area contributed by atoms with Gasteiger partial charge in [0.2, 0.25) is 0 Å². The van der Waals surface area contributed by atoms with Crippen molar-refractivity contribution in [3.63, 3.8) is 0 Å². The van der Waals surface area contributed by atoms with Crippen LogP contribution in [0.3, 0.4) is 0 Å². The fraction of sp³-hybridized carbons (Fsp3) is 0.0476. The maximum atomic E-state index is 11.7. The fourth-order valence-electron chi connectivity index (χ4n) is 3.32. The van der Waals surface area contributed by atoms with Crippen LogP contribution in [0.2, 0.25) is 0 Å². The van der Waals surface area contributed by atoms with E-state index in [1.807, 2.05) is 37.3 Å². The molecular weight excluding hydrogens is 440 g/mol. The maximum absolute atomic E-state index is 11.7. The third-order valence-corrected chi connectivity index (χ3v) is 6.54. The third-order valence-electron chi connectivity index (χ3n) is 4.86. The number of fused-ring (bicyclic) bond motifs is 2. The van der Waals surface area contributed by atoms with Crippen molar-refractivity contribution >= 4 is 53.2 Å². The van der Waals surface area contributed by atoms with Gasteiger partial charge in [0.05, 0.1) is 21.2 Å². The molecule has 31 heavy (non-hydrogen) atoms. The summed E-state index contributed by atoms with van der Waals surface area (Å²) in [6, 6.07) is 17.2. The van der Waals surface area contributed by atoms with Crippen LogP contribution in [0.25, 0.3) is 21.5 Å². The number of hydrogen-bond donors (Lipinski definition) is 2. The second-order valence-electron chi connectivity index (χ2n) is 6.92. The Morgan fingerprint density at radius 1 is 0.645 bits per heavy atom. The lowest BCUT2D eigenvalue weighted by Gasteiger charge is -2.07. The van der Waals surface area contributed by atoms with Gasteiger partial charge >= 0.3 is 0 Å². The molecule has 4 aromatic carbocycles. The van der Waals surface area contributed by atoms with E-state index >= 15 is 0 Å². The first-order valence-electron chi connectivity index (χ1n) is 8.97. The Balaban J connectivity index is 1.94. The number of nitrogens with zero attached hydrogens (tertiary/aromatic N) is 2. The SMILES string of the molecule is Cc1ccc(N=Nc2cc(S(=O)(=O)O)cc3cc(S(=O)(=O)O)ccc23)c2ccccc12. The van der Waals surface area contributed by atoms with Gasteiger partial charge in [0.25, 0.3) is 20.2 Å². The summed E-state index contributed by atoms with van der Waals surface area (Å²) in [4.78, 5) is -0.893. The zero-order valence-electron chi connectivity index (χ0n) is 16.1. The first kappa shape index (κ1) is 21.1. The summed E-state index contributed by atoms with van der Waals surface area (Å²) in [7, 11) is -9.11. The molecule has 0 aliphatic heterocycles. The van der Waals surface area contributed by atoms with E-state index in [2.05, 4.69) is 10.2 Å². The second-order valence-corrected chi connectivity index (χ2v) is 9.77. The minimum atomic E-state index is -4.60. The molecule has 0 heterocycles. The predicted octanol–water partition coefficient (Wildman–Crippen LogP) is 5.21. The van der Waals surface area contributed by atoms with Crippen LogP contribution >= 0.6 is 0 Å². The lowest BCUT2D eigenvalue weighted by molar-refractivity contribution is 0.481. The van der Waals surface area contributed by atoms with Crippen molar-refractivity contribution in [2.24, 2.45) is 10.2 Å². The van der Waals surface area contributed by atoms with Crippen LogP contribution in [0.1, 0.15) is 5.56 Å². The van der Waals surface area contributed by atoms with Gasteiger partial charge in [-0.25, -0.2) is 0 Å². The van der Waals surface area contributed by atoms with E-state index in [1.165, 1.54) is 12.1 Å². The van der Waals surface area contributed by atoms with E-state index in [-0.39, 0.29) is 11.1 Å². The number of azo groups is 1. The lowest BCUT2D eigenvalue weighted by Crippen LogP contribution is -2.00. The smallest absolute Gasteiger partial charge is 0.282 e. The maximum Gasteiger partial charge on any atom is 0.294 e. The molecule has 0 aromatic heterocycles. The van der Waals surface area contributed by atoms with Crippen molar-refractivity contribution in [3.8, 4) is 0 Å². The lowest BCUT2D eigenvalue weighted by atomic mass is 10.0. The molecule has 0 amide bonds. The van der Waals surface area contributed by atoms with Crippen molar-refractivity contribution in [3.05, 3.63) is 72.3 Å². The average molecular weight is 457 g/mol. The van der Waals surface area contributed by atoms with Gasteiger partial charge in [-0.15, -0.1) is 10.2 Å². The molecule has 4 aromatic rings. The molecule has 0 saturated heterocycles. The van der Waals surface area contributed by atoms with Gasteiger partial charge in [0.1, 0.15) is 0 Å². The first-order chi connectivity index (χ1) is 14.5. The van der Waals surface area contributed by atoms with Crippen LogP contribution in [0, 0.1) is 6.92 Å². The number of benzene rings is 4. The van der Waals surface area contributed by atoms with Crippen LogP contribution in [0.4, 0.5) is 11.4 Å². The van der Waals surface area contributed by atoms with Crippen LogP contribution in [0.15, 0.2) is 86.7 Å². The molecule has 0 bridgehead atoms. The minimum Gasteiger partial charge on any atom is -0.282 e. The monoisotopic (exact) mass is 456 g/mol. The Morgan fingerprint density at radius 2 is 1.26 bits per heavy atom. The van der Waals surface area contributed by atoms with Gasteiger partial charge in [0.15, 0.2) is 0 Å². The second kappa shape index (κ2) is 7.50. The fourth-order valence-corrected chi connectivity index (χ4v) is 4.37. The number of aryl methyl sites for hydroxylation is 1. The van der Waals surface area contributed by atoms with Crippen molar-refractivity contribution in [2.75, 3.05) is 0 Å². The molecule has 0 fully saturated rings. The summed E-state index contributed by atoms with van der Waals surface area (Å²) in [5.41, 5.74) is 1.73. The summed E-state index contributed by atoms with van der Waals surface area (Å²) in [6.07, 6.45) is 0. The molecule has 10 heteroatoms. The van der Waals surface area contributed by atoms with Gasteiger partial charge in [-0.1, -0.05) is 36.4 Å². The molecule has 8 nitrogen and oxygen atoms in total. The number of hydrogen-bond acceptors (Lipinski definition) is 6. The van der Waals surface area contributed by atoms with Crippen LogP contribution in [-0.4, -0.2) is 25.9 Å². The molecule has 0 saturated carbocycles. The summed E-state index contributed by atoms with van der Waals surface area (Å²) in [5.74, 6) is 0. The van der Waals surface area contributed by atoms with E-state index in [9.17, 15) is 25.9 Å². The molecule has 4 rings (SSSR count). The minimum absolute atomic E-state index is 0.108. The summed E-state index contributed by atoms with van der Waals surface area (Å²) in [5, 5.41) is 10.8. The highest BCUT2D eigenvalue weighted by Crippen LogP contribution is 2.34. The summed E-state index contributed by atoms with van der Waals surface area (Å²) in [6.45, 7) is 1.97. The largest absolute Gasteiger partial charge is 0.294 e. The Labute approximate surface area is 178 Å². The van der Waals surface area contributed by atoms with Gasteiger partial charge in [-0.3, -0.25) is 9.11 Å². The van der Waals surface area contributed by atoms with Gasteiger partial charge < -0.3 is 0 Å². The van der Waals surface area contributed by atoms with E-state index < -0.39 is 30.0 Å². The Morgan fingerprint density at radius 3 is 1.94 bits per heavy atom. The van der Waals surface area contributed by atoms with E-state index in [0.29, 0.717) is 11.1 Å². The molecule has 0 spiro atoms. The molecule has 2 N–H and O–H groups in total. The van der Waals surface area contributed by atoms with Crippen molar-refractivity contribution < 1.29 is 25.9 Å². The highest BCUT2D eigenvalue weighted by Gasteiger charge is 2.16. The average Bonchev–Trinajstić information content (AvgIpc) is 2.71. The molecule has 0 unspecified atom stereocenters. The highest BCUT2D eigenvalue weighted by molar-refractivity contribution is 7.86. The summed E-state index contributed by atoms with van der Waals surface area (Å²) < 4.78 is 65.1. The third kappa shape index (κ3) is 4.19.